The van der Waals surface area contributed by atoms with Crippen molar-refractivity contribution < 1.29 is 9.59 Å². The lowest BCUT2D eigenvalue weighted by Crippen LogP contribution is -2.44. The van der Waals surface area contributed by atoms with Crippen LogP contribution in [0.1, 0.15) is 22.0 Å². The molecule has 0 spiro atoms. The maximum atomic E-state index is 12.9. The van der Waals surface area contributed by atoms with Crippen LogP contribution in [0.4, 0.5) is 0 Å². The first-order valence-electron chi connectivity index (χ1n) is 9.20. The minimum absolute atomic E-state index is 0.0850. The van der Waals surface area contributed by atoms with Crippen molar-refractivity contribution in [2.45, 2.75) is 6.04 Å². The summed E-state index contributed by atoms with van der Waals surface area (Å²) in [5.74, 6) is -1.24. The molecule has 0 saturated heterocycles. The summed E-state index contributed by atoms with van der Waals surface area (Å²) in [6, 6.07) is 12.8. The van der Waals surface area contributed by atoms with E-state index in [2.05, 4.69) is 10.6 Å². The SMILES string of the molecule is Cn1cc(C(=O)NC(CNC(=O)CCl)c2ccc3ccccc3c2)c(=O)n(C)c1=O. The molecule has 0 saturated carbocycles. The van der Waals surface area contributed by atoms with Gasteiger partial charge in [-0.05, 0) is 22.4 Å². The van der Waals surface area contributed by atoms with Crippen LogP contribution in [0.15, 0.2) is 58.3 Å². The topological polar surface area (TPSA) is 102 Å². The Balaban J connectivity index is 1.96. The van der Waals surface area contributed by atoms with E-state index in [-0.39, 0.29) is 23.9 Å². The molecule has 0 radical (unpaired) electrons. The van der Waals surface area contributed by atoms with Crippen molar-refractivity contribution in [2.75, 3.05) is 12.4 Å². The summed E-state index contributed by atoms with van der Waals surface area (Å²) in [4.78, 5) is 48.8. The van der Waals surface area contributed by atoms with Crippen molar-refractivity contribution in [3.8, 4) is 0 Å². The smallest absolute Gasteiger partial charge is 0.330 e. The van der Waals surface area contributed by atoms with Gasteiger partial charge in [0.1, 0.15) is 11.4 Å². The van der Waals surface area contributed by atoms with E-state index in [4.69, 9.17) is 11.6 Å². The third-order valence-corrected chi connectivity index (χ3v) is 5.04. The molecule has 0 fully saturated rings. The summed E-state index contributed by atoms with van der Waals surface area (Å²) in [6.45, 7) is 0.0850. The van der Waals surface area contributed by atoms with Gasteiger partial charge in [0.05, 0.1) is 6.04 Å². The molecule has 156 valence electrons. The zero-order valence-electron chi connectivity index (χ0n) is 16.5. The number of nitrogens with one attached hydrogen (secondary N) is 2. The van der Waals surface area contributed by atoms with Gasteiger partial charge in [0.25, 0.3) is 11.5 Å². The molecule has 30 heavy (non-hydrogen) atoms. The highest BCUT2D eigenvalue weighted by molar-refractivity contribution is 6.27. The van der Waals surface area contributed by atoms with Gasteiger partial charge in [-0.1, -0.05) is 36.4 Å². The van der Waals surface area contributed by atoms with Crippen LogP contribution in [0.2, 0.25) is 0 Å². The second-order valence-corrected chi connectivity index (χ2v) is 7.14. The fraction of sp³-hybridized carbons (Fsp3) is 0.238. The van der Waals surface area contributed by atoms with E-state index < -0.39 is 23.2 Å². The number of carbonyl (C=O) groups is 2. The average molecular weight is 429 g/mol. The summed E-state index contributed by atoms with van der Waals surface area (Å²) in [7, 11) is 2.77. The highest BCUT2D eigenvalue weighted by atomic mass is 35.5. The summed E-state index contributed by atoms with van der Waals surface area (Å²) < 4.78 is 2.03. The highest BCUT2D eigenvalue weighted by Gasteiger charge is 2.20. The van der Waals surface area contributed by atoms with Crippen molar-refractivity contribution in [3.05, 3.63) is 80.6 Å². The second-order valence-electron chi connectivity index (χ2n) is 6.87. The molecule has 0 aliphatic heterocycles. The molecule has 1 heterocycles. The first kappa shape index (κ1) is 21.3. The molecule has 2 amide bonds. The molecule has 1 atom stereocenters. The predicted molar refractivity (Wildman–Crippen MR) is 115 cm³/mol. The van der Waals surface area contributed by atoms with E-state index in [1.54, 1.807) is 0 Å². The van der Waals surface area contributed by atoms with E-state index >= 15 is 0 Å². The molecule has 9 heteroatoms. The number of rotatable bonds is 6. The fourth-order valence-corrected chi connectivity index (χ4v) is 3.23. The minimum Gasteiger partial charge on any atom is -0.353 e. The molecule has 1 unspecified atom stereocenters. The zero-order valence-corrected chi connectivity index (χ0v) is 17.3. The third-order valence-electron chi connectivity index (χ3n) is 4.80. The Morgan fingerprint density at radius 2 is 1.77 bits per heavy atom. The number of alkyl halides is 1. The van der Waals surface area contributed by atoms with Crippen LogP contribution in [0, 0.1) is 0 Å². The number of hydrogen-bond acceptors (Lipinski definition) is 4. The van der Waals surface area contributed by atoms with Crippen molar-refractivity contribution >= 4 is 34.2 Å². The first-order chi connectivity index (χ1) is 14.3. The number of halogens is 1. The lowest BCUT2D eigenvalue weighted by molar-refractivity contribution is -0.118. The summed E-state index contributed by atoms with van der Waals surface area (Å²) in [5.41, 5.74) is -0.651. The molecular formula is C21H21ClN4O4. The van der Waals surface area contributed by atoms with Crippen LogP contribution < -0.4 is 21.9 Å². The lowest BCUT2D eigenvalue weighted by atomic mass is 10.0. The van der Waals surface area contributed by atoms with Crippen molar-refractivity contribution in [2.24, 2.45) is 14.1 Å². The van der Waals surface area contributed by atoms with Crippen LogP contribution in [-0.2, 0) is 18.9 Å². The van der Waals surface area contributed by atoms with Crippen LogP contribution in [0.25, 0.3) is 10.8 Å². The van der Waals surface area contributed by atoms with Gasteiger partial charge >= 0.3 is 5.69 Å². The number of hydrogen-bond donors (Lipinski definition) is 2. The van der Waals surface area contributed by atoms with Gasteiger partial charge in [-0.3, -0.25) is 19.0 Å². The van der Waals surface area contributed by atoms with Gasteiger partial charge < -0.3 is 15.2 Å². The molecule has 3 aromatic rings. The number of carbonyl (C=O) groups excluding carboxylic acids is 2. The molecule has 0 aliphatic rings. The Labute approximate surface area is 177 Å². The number of nitrogens with zero attached hydrogens (tertiary/aromatic N) is 2. The van der Waals surface area contributed by atoms with E-state index in [1.807, 2.05) is 42.5 Å². The Hall–Kier alpha value is -3.39. The normalized spacial score (nSPS) is 11.8. The number of aryl methyl sites for hydroxylation is 1. The standard InChI is InChI=1S/C21H21ClN4O4/c1-25-12-16(20(29)26(2)21(25)30)19(28)24-17(11-23-18(27)10-22)15-8-7-13-5-3-4-6-14(13)9-15/h3-9,12,17H,10-11H2,1-2H3,(H,23,27)(H,24,28). The van der Waals surface area contributed by atoms with Crippen LogP contribution in [0.3, 0.4) is 0 Å². The maximum absolute atomic E-state index is 12.9. The third kappa shape index (κ3) is 4.44. The van der Waals surface area contributed by atoms with Crippen molar-refractivity contribution in [1.29, 1.82) is 0 Å². The lowest BCUT2D eigenvalue weighted by Gasteiger charge is -2.20. The Kier molecular flexibility index (Phi) is 6.37. The van der Waals surface area contributed by atoms with Gasteiger partial charge in [0.15, 0.2) is 0 Å². The molecule has 2 aromatic carbocycles. The van der Waals surface area contributed by atoms with Gasteiger partial charge in [-0.15, -0.1) is 11.6 Å². The Morgan fingerprint density at radius 1 is 1.07 bits per heavy atom. The Morgan fingerprint density at radius 3 is 2.47 bits per heavy atom. The highest BCUT2D eigenvalue weighted by Crippen LogP contribution is 2.20. The van der Waals surface area contributed by atoms with Crippen LogP contribution >= 0.6 is 11.6 Å². The molecule has 1 aromatic heterocycles. The summed E-state index contributed by atoms with van der Waals surface area (Å²) in [6.07, 6.45) is 1.20. The van der Waals surface area contributed by atoms with Crippen LogP contribution in [0.5, 0.6) is 0 Å². The maximum Gasteiger partial charge on any atom is 0.330 e. The minimum atomic E-state index is -0.697. The summed E-state index contributed by atoms with van der Waals surface area (Å²) >= 11 is 5.56. The number of amides is 2. The monoisotopic (exact) mass is 428 g/mol. The molecule has 0 aliphatic carbocycles. The quantitative estimate of drug-likeness (QED) is 0.573. The molecule has 2 N–H and O–H groups in total. The van der Waals surface area contributed by atoms with E-state index in [1.165, 1.54) is 20.3 Å². The molecule has 0 bridgehead atoms. The largest absolute Gasteiger partial charge is 0.353 e. The van der Waals surface area contributed by atoms with Crippen molar-refractivity contribution in [3.63, 3.8) is 0 Å². The fourth-order valence-electron chi connectivity index (χ4n) is 3.14. The predicted octanol–water partition coefficient (Wildman–Crippen LogP) is 1.06. The van der Waals surface area contributed by atoms with Gasteiger partial charge in [0.2, 0.25) is 5.91 Å². The first-order valence-corrected chi connectivity index (χ1v) is 9.74. The number of aromatic nitrogens is 2. The summed E-state index contributed by atoms with van der Waals surface area (Å²) in [5, 5.41) is 7.44. The average Bonchev–Trinajstić information content (AvgIpc) is 2.76. The van der Waals surface area contributed by atoms with Gasteiger partial charge in [-0.25, -0.2) is 4.79 Å². The molecule has 8 nitrogen and oxygen atoms in total. The number of fused-ring (bicyclic) bond motifs is 1. The van der Waals surface area contributed by atoms with Crippen molar-refractivity contribution in [1.82, 2.24) is 19.8 Å². The van der Waals surface area contributed by atoms with Crippen LogP contribution in [-0.4, -0.2) is 33.4 Å². The second kappa shape index (κ2) is 8.96. The molecule has 3 rings (SSSR count). The van der Waals surface area contributed by atoms with E-state index in [9.17, 15) is 19.2 Å². The van der Waals surface area contributed by atoms with E-state index in [0.29, 0.717) is 0 Å². The zero-order chi connectivity index (χ0) is 21.8. The van der Waals surface area contributed by atoms with Gasteiger partial charge in [0, 0.05) is 26.8 Å². The van der Waals surface area contributed by atoms with Gasteiger partial charge in [-0.2, -0.15) is 0 Å². The number of benzene rings is 2. The van der Waals surface area contributed by atoms with E-state index in [0.717, 1.165) is 25.5 Å². The molecular weight excluding hydrogens is 408 g/mol. The Bertz CT molecular complexity index is 1230.